The van der Waals surface area contributed by atoms with E-state index in [2.05, 4.69) is 61.6 Å². The van der Waals surface area contributed by atoms with Gasteiger partial charge >= 0.3 is 0 Å². The number of nitrogens with zero attached hydrogens (tertiary/aromatic N) is 3. The fourth-order valence-corrected chi connectivity index (χ4v) is 2.58. The van der Waals surface area contributed by atoms with Gasteiger partial charge in [-0.3, -0.25) is 0 Å². The Balaban J connectivity index is 2.55. The van der Waals surface area contributed by atoms with Gasteiger partial charge in [0.15, 0.2) is 0 Å². The molecule has 1 heterocycles. The molecule has 1 aromatic heterocycles. The SMILES string of the molecule is CC(CN(C)C)NCc1snnc1C(C)(C)C. The molecule has 98 valence electrons. The Bertz CT molecular complexity index is 341. The summed E-state index contributed by atoms with van der Waals surface area (Å²) in [6.07, 6.45) is 0. The maximum absolute atomic E-state index is 4.24. The Morgan fingerprint density at radius 1 is 1.35 bits per heavy atom. The zero-order valence-corrected chi connectivity index (χ0v) is 12.6. The summed E-state index contributed by atoms with van der Waals surface area (Å²) < 4.78 is 4.07. The van der Waals surface area contributed by atoms with Crippen molar-refractivity contribution in [1.82, 2.24) is 19.8 Å². The van der Waals surface area contributed by atoms with Crippen LogP contribution in [0, 0.1) is 0 Å². The number of nitrogens with one attached hydrogen (secondary N) is 1. The van der Waals surface area contributed by atoms with E-state index in [-0.39, 0.29) is 5.41 Å². The van der Waals surface area contributed by atoms with Crippen LogP contribution in [0.25, 0.3) is 0 Å². The quantitative estimate of drug-likeness (QED) is 0.873. The molecule has 0 aliphatic rings. The Labute approximate surface area is 109 Å². The van der Waals surface area contributed by atoms with Gasteiger partial charge in [-0.1, -0.05) is 25.3 Å². The van der Waals surface area contributed by atoms with Crippen LogP contribution in [0.3, 0.4) is 0 Å². The second kappa shape index (κ2) is 5.89. The highest BCUT2D eigenvalue weighted by Crippen LogP contribution is 2.25. The Kier molecular flexibility index (Phi) is 5.04. The highest BCUT2D eigenvalue weighted by molar-refractivity contribution is 7.05. The topological polar surface area (TPSA) is 41.0 Å². The predicted octanol–water partition coefficient (Wildman–Crippen LogP) is 1.88. The van der Waals surface area contributed by atoms with Gasteiger partial charge in [0.05, 0.1) is 10.6 Å². The average molecular weight is 256 g/mol. The summed E-state index contributed by atoms with van der Waals surface area (Å²) in [6.45, 7) is 10.6. The molecule has 0 aliphatic carbocycles. The van der Waals surface area contributed by atoms with Gasteiger partial charge in [0.2, 0.25) is 0 Å². The fraction of sp³-hybridized carbons (Fsp3) is 0.833. The van der Waals surface area contributed by atoms with Gasteiger partial charge in [-0.15, -0.1) is 5.10 Å². The van der Waals surface area contributed by atoms with Crippen molar-refractivity contribution < 1.29 is 0 Å². The molecule has 0 spiro atoms. The van der Waals surface area contributed by atoms with Gasteiger partial charge in [-0.05, 0) is 32.6 Å². The van der Waals surface area contributed by atoms with Crippen LogP contribution >= 0.6 is 11.5 Å². The van der Waals surface area contributed by atoms with Crippen molar-refractivity contribution in [3.05, 3.63) is 10.6 Å². The van der Waals surface area contributed by atoms with Gasteiger partial charge in [0.1, 0.15) is 0 Å². The first kappa shape index (κ1) is 14.5. The predicted molar refractivity (Wildman–Crippen MR) is 73.5 cm³/mol. The molecule has 4 nitrogen and oxygen atoms in total. The van der Waals surface area contributed by atoms with Crippen LogP contribution in [0.4, 0.5) is 0 Å². The van der Waals surface area contributed by atoms with Crippen LogP contribution in [0.2, 0.25) is 0 Å². The molecule has 0 aliphatic heterocycles. The second-order valence-corrected chi connectivity index (χ2v) is 6.68. The largest absolute Gasteiger partial charge is 0.308 e. The molecule has 0 saturated carbocycles. The molecule has 1 aromatic rings. The first-order chi connectivity index (χ1) is 7.80. The van der Waals surface area contributed by atoms with Gasteiger partial charge in [-0.25, -0.2) is 0 Å². The molecule has 0 amide bonds. The summed E-state index contributed by atoms with van der Waals surface area (Å²) in [5.74, 6) is 0. The third-order valence-corrected chi connectivity index (χ3v) is 3.24. The third kappa shape index (κ3) is 4.69. The van der Waals surface area contributed by atoms with Crippen LogP contribution in [-0.2, 0) is 12.0 Å². The van der Waals surface area contributed by atoms with Crippen molar-refractivity contribution in [3.8, 4) is 0 Å². The number of hydrogen-bond donors (Lipinski definition) is 1. The van der Waals surface area contributed by atoms with Crippen LogP contribution < -0.4 is 5.32 Å². The molecule has 5 heteroatoms. The summed E-state index contributed by atoms with van der Waals surface area (Å²) in [6, 6.07) is 0.472. The smallest absolute Gasteiger partial charge is 0.0854 e. The highest BCUT2D eigenvalue weighted by Gasteiger charge is 2.22. The van der Waals surface area contributed by atoms with Crippen LogP contribution in [-0.4, -0.2) is 41.2 Å². The van der Waals surface area contributed by atoms with E-state index in [0.29, 0.717) is 6.04 Å². The lowest BCUT2D eigenvalue weighted by molar-refractivity contribution is 0.349. The fourth-order valence-electron chi connectivity index (χ4n) is 1.77. The maximum atomic E-state index is 4.24. The van der Waals surface area contributed by atoms with E-state index in [1.807, 2.05) is 0 Å². The molecule has 1 atom stereocenters. The summed E-state index contributed by atoms with van der Waals surface area (Å²) in [5, 5.41) is 7.76. The molecule has 0 saturated heterocycles. The molecule has 1 rings (SSSR count). The first-order valence-corrected chi connectivity index (χ1v) is 6.78. The van der Waals surface area contributed by atoms with Gasteiger partial charge in [0, 0.05) is 24.5 Å². The summed E-state index contributed by atoms with van der Waals surface area (Å²) in [5.41, 5.74) is 1.20. The molecule has 0 bridgehead atoms. The molecule has 0 aromatic carbocycles. The average Bonchev–Trinajstić information content (AvgIpc) is 2.60. The van der Waals surface area contributed by atoms with Crippen LogP contribution in [0.1, 0.15) is 38.3 Å². The lowest BCUT2D eigenvalue weighted by atomic mass is 9.91. The third-order valence-electron chi connectivity index (χ3n) is 2.52. The monoisotopic (exact) mass is 256 g/mol. The molecule has 1 N–H and O–H groups in total. The van der Waals surface area contributed by atoms with Gasteiger partial charge < -0.3 is 10.2 Å². The minimum Gasteiger partial charge on any atom is -0.308 e. The number of aromatic nitrogens is 2. The number of likely N-dealkylation sites (N-methyl/N-ethyl adjacent to an activating group) is 1. The normalized spacial score (nSPS) is 14.3. The van der Waals surface area contributed by atoms with Crippen LogP contribution in [0.15, 0.2) is 0 Å². The van der Waals surface area contributed by atoms with Gasteiger partial charge in [-0.2, -0.15) is 0 Å². The summed E-state index contributed by atoms with van der Waals surface area (Å²) >= 11 is 1.50. The second-order valence-electron chi connectivity index (χ2n) is 5.84. The standard InChI is InChI=1S/C12H24N4S/c1-9(8-16(5)6)13-7-10-11(12(2,3)4)14-15-17-10/h9,13H,7-8H2,1-6H3. The van der Waals surface area contributed by atoms with Crippen molar-refractivity contribution in [1.29, 1.82) is 0 Å². The van der Waals surface area contributed by atoms with E-state index < -0.39 is 0 Å². The zero-order chi connectivity index (χ0) is 13.1. The minimum atomic E-state index is 0.0782. The van der Waals surface area contributed by atoms with Crippen molar-refractivity contribution in [3.63, 3.8) is 0 Å². The molecule has 17 heavy (non-hydrogen) atoms. The van der Waals surface area contributed by atoms with E-state index in [0.717, 1.165) is 18.8 Å². The maximum Gasteiger partial charge on any atom is 0.0854 e. The van der Waals surface area contributed by atoms with Crippen molar-refractivity contribution in [2.75, 3.05) is 20.6 Å². The van der Waals surface area contributed by atoms with E-state index in [1.165, 1.54) is 16.4 Å². The Morgan fingerprint density at radius 3 is 2.53 bits per heavy atom. The first-order valence-electron chi connectivity index (χ1n) is 6.00. The lowest BCUT2D eigenvalue weighted by Crippen LogP contribution is -2.35. The minimum absolute atomic E-state index is 0.0782. The number of hydrogen-bond acceptors (Lipinski definition) is 5. The van der Waals surface area contributed by atoms with E-state index in [9.17, 15) is 0 Å². The number of rotatable bonds is 5. The molecule has 0 radical (unpaired) electrons. The Hall–Kier alpha value is -0.520. The van der Waals surface area contributed by atoms with Crippen molar-refractivity contribution in [2.24, 2.45) is 0 Å². The van der Waals surface area contributed by atoms with Crippen molar-refractivity contribution in [2.45, 2.75) is 45.7 Å². The zero-order valence-electron chi connectivity index (χ0n) is 11.7. The van der Waals surface area contributed by atoms with E-state index in [1.54, 1.807) is 0 Å². The summed E-state index contributed by atoms with van der Waals surface area (Å²) in [7, 11) is 4.18. The van der Waals surface area contributed by atoms with E-state index in [4.69, 9.17) is 0 Å². The Morgan fingerprint density at radius 2 is 2.00 bits per heavy atom. The molecule has 0 fully saturated rings. The molecular weight excluding hydrogens is 232 g/mol. The summed E-state index contributed by atoms with van der Waals surface area (Å²) in [4.78, 5) is 3.44. The van der Waals surface area contributed by atoms with Crippen LogP contribution in [0.5, 0.6) is 0 Å². The highest BCUT2D eigenvalue weighted by atomic mass is 32.1. The molecular formula is C12H24N4S. The van der Waals surface area contributed by atoms with Gasteiger partial charge in [0.25, 0.3) is 0 Å². The lowest BCUT2D eigenvalue weighted by Gasteiger charge is -2.20. The molecule has 1 unspecified atom stereocenters. The van der Waals surface area contributed by atoms with Crippen molar-refractivity contribution >= 4 is 11.5 Å². The van der Waals surface area contributed by atoms with E-state index >= 15 is 0 Å².